The highest BCUT2D eigenvalue weighted by Crippen LogP contribution is 2.20. The van der Waals surface area contributed by atoms with Crippen molar-refractivity contribution in [2.75, 3.05) is 13.1 Å². The van der Waals surface area contributed by atoms with Gasteiger partial charge in [0.1, 0.15) is 6.61 Å². The molecule has 0 unspecified atom stereocenters. The van der Waals surface area contributed by atoms with Gasteiger partial charge in [0.15, 0.2) is 0 Å². The van der Waals surface area contributed by atoms with Crippen LogP contribution in [0.5, 0.6) is 0 Å². The average Bonchev–Trinajstić information content (AvgIpc) is 2.46. The largest absolute Gasteiger partial charge is 0.391 e. The Bertz CT molecular complexity index is 554. The maximum absolute atomic E-state index is 12.2. The number of oxime groups is 1. The van der Waals surface area contributed by atoms with Crippen molar-refractivity contribution in [1.82, 2.24) is 4.90 Å². The molecule has 1 aromatic carbocycles. The van der Waals surface area contributed by atoms with Gasteiger partial charge in [0, 0.05) is 35.8 Å². The molecule has 120 valence electrons. The van der Waals surface area contributed by atoms with E-state index in [2.05, 4.69) is 21.1 Å². The van der Waals surface area contributed by atoms with Crippen LogP contribution in [0, 0.1) is 5.41 Å². The summed E-state index contributed by atoms with van der Waals surface area (Å²) in [5.41, 5.74) is 1.80. The molecule has 4 nitrogen and oxygen atoms in total. The van der Waals surface area contributed by atoms with Gasteiger partial charge in [0.2, 0.25) is 5.91 Å². The molecule has 0 bridgehead atoms. The minimum Gasteiger partial charge on any atom is -0.391 e. The highest BCUT2D eigenvalue weighted by atomic mass is 79.9. The van der Waals surface area contributed by atoms with Crippen LogP contribution in [-0.2, 0) is 16.2 Å². The van der Waals surface area contributed by atoms with Gasteiger partial charge < -0.3 is 9.74 Å². The van der Waals surface area contributed by atoms with Gasteiger partial charge in [-0.3, -0.25) is 4.79 Å². The molecule has 1 fully saturated rings. The van der Waals surface area contributed by atoms with E-state index in [1.807, 2.05) is 49.9 Å². The number of likely N-dealkylation sites (tertiary alicyclic amines) is 1. The molecule has 0 radical (unpaired) electrons. The van der Waals surface area contributed by atoms with Crippen molar-refractivity contribution in [2.24, 2.45) is 10.6 Å². The third-order valence-corrected chi connectivity index (χ3v) is 4.08. The maximum atomic E-state index is 12.2. The highest BCUT2D eigenvalue weighted by Gasteiger charge is 2.29. The number of benzene rings is 1. The van der Waals surface area contributed by atoms with Crippen LogP contribution < -0.4 is 0 Å². The molecule has 1 aliphatic rings. The fraction of sp³-hybridized carbons (Fsp3) is 0.529. The van der Waals surface area contributed by atoms with E-state index in [1.165, 1.54) is 0 Å². The lowest BCUT2D eigenvalue weighted by Gasteiger charge is -2.32. The zero-order valence-electron chi connectivity index (χ0n) is 13.4. The summed E-state index contributed by atoms with van der Waals surface area (Å²) in [7, 11) is 0. The molecule has 2 rings (SSSR count). The zero-order valence-corrected chi connectivity index (χ0v) is 15.0. The average molecular weight is 367 g/mol. The maximum Gasteiger partial charge on any atom is 0.227 e. The Labute approximate surface area is 140 Å². The SMILES string of the molecule is CC(C)(C)C(=O)N1CCC(=NOCc2cccc(Br)c2)CC1. The lowest BCUT2D eigenvalue weighted by Crippen LogP contribution is -2.44. The number of carbonyl (C=O) groups excluding carboxylic acids is 1. The molecule has 0 saturated carbocycles. The van der Waals surface area contributed by atoms with E-state index < -0.39 is 0 Å². The minimum atomic E-state index is -0.314. The van der Waals surface area contributed by atoms with E-state index in [4.69, 9.17) is 4.84 Å². The Kier molecular flexibility index (Phi) is 5.62. The summed E-state index contributed by atoms with van der Waals surface area (Å²) in [4.78, 5) is 19.6. The van der Waals surface area contributed by atoms with Gasteiger partial charge in [-0.25, -0.2) is 0 Å². The number of nitrogens with zero attached hydrogens (tertiary/aromatic N) is 2. The molecule has 0 spiro atoms. The summed E-state index contributed by atoms with van der Waals surface area (Å²) in [5, 5.41) is 4.23. The monoisotopic (exact) mass is 366 g/mol. The molecule has 5 heteroatoms. The van der Waals surface area contributed by atoms with Gasteiger partial charge in [0.05, 0.1) is 5.71 Å². The van der Waals surface area contributed by atoms with Gasteiger partial charge in [-0.05, 0) is 17.7 Å². The number of amides is 1. The van der Waals surface area contributed by atoms with Crippen LogP contribution in [0.25, 0.3) is 0 Å². The van der Waals surface area contributed by atoms with E-state index in [1.54, 1.807) is 0 Å². The summed E-state index contributed by atoms with van der Waals surface area (Å²) in [6.45, 7) is 7.80. The van der Waals surface area contributed by atoms with Crippen molar-refractivity contribution in [3.8, 4) is 0 Å². The molecule has 1 heterocycles. The molecule has 1 amide bonds. The molecular weight excluding hydrogens is 344 g/mol. The normalized spacial score (nSPS) is 15.6. The summed E-state index contributed by atoms with van der Waals surface area (Å²) < 4.78 is 1.04. The van der Waals surface area contributed by atoms with Gasteiger partial charge in [-0.1, -0.05) is 54.0 Å². The fourth-order valence-corrected chi connectivity index (χ4v) is 2.81. The van der Waals surface area contributed by atoms with E-state index in [-0.39, 0.29) is 11.3 Å². The van der Waals surface area contributed by atoms with Crippen molar-refractivity contribution in [2.45, 2.75) is 40.2 Å². The first-order chi connectivity index (χ1) is 10.4. The fourth-order valence-electron chi connectivity index (χ4n) is 2.36. The van der Waals surface area contributed by atoms with E-state index in [0.717, 1.165) is 41.7 Å². The first kappa shape index (κ1) is 17.0. The minimum absolute atomic E-state index is 0.210. The van der Waals surface area contributed by atoms with Crippen molar-refractivity contribution < 1.29 is 9.63 Å². The van der Waals surface area contributed by atoms with Crippen molar-refractivity contribution in [1.29, 1.82) is 0 Å². The second-order valence-corrected chi connectivity index (χ2v) is 7.52. The van der Waals surface area contributed by atoms with Crippen molar-refractivity contribution in [3.05, 3.63) is 34.3 Å². The molecule has 1 aliphatic heterocycles. The number of halogens is 1. The Balaban J connectivity index is 1.80. The van der Waals surface area contributed by atoms with Crippen LogP contribution >= 0.6 is 15.9 Å². The van der Waals surface area contributed by atoms with E-state index >= 15 is 0 Å². The molecule has 0 atom stereocenters. The Hall–Kier alpha value is -1.36. The van der Waals surface area contributed by atoms with Crippen LogP contribution in [0.1, 0.15) is 39.2 Å². The number of hydrogen-bond donors (Lipinski definition) is 0. The Morgan fingerprint density at radius 2 is 2.00 bits per heavy atom. The smallest absolute Gasteiger partial charge is 0.227 e. The summed E-state index contributed by atoms with van der Waals surface area (Å²) in [6, 6.07) is 7.99. The molecule has 1 saturated heterocycles. The second-order valence-electron chi connectivity index (χ2n) is 6.60. The van der Waals surface area contributed by atoms with Crippen LogP contribution in [-0.4, -0.2) is 29.6 Å². The molecule has 1 aromatic rings. The van der Waals surface area contributed by atoms with Crippen LogP contribution in [0.3, 0.4) is 0 Å². The van der Waals surface area contributed by atoms with E-state index in [9.17, 15) is 4.79 Å². The topological polar surface area (TPSA) is 41.9 Å². The van der Waals surface area contributed by atoms with Crippen molar-refractivity contribution >= 4 is 27.5 Å². The Morgan fingerprint density at radius 3 is 2.59 bits per heavy atom. The summed E-state index contributed by atoms with van der Waals surface area (Å²) in [6.07, 6.45) is 1.58. The number of hydrogen-bond acceptors (Lipinski definition) is 3. The first-order valence-corrected chi connectivity index (χ1v) is 8.37. The Morgan fingerprint density at radius 1 is 1.32 bits per heavy atom. The van der Waals surface area contributed by atoms with Crippen LogP contribution in [0.4, 0.5) is 0 Å². The highest BCUT2D eigenvalue weighted by molar-refractivity contribution is 9.10. The summed E-state index contributed by atoms with van der Waals surface area (Å²) >= 11 is 3.44. The number of piperidine rings is 1. The van der Waals surface area contributed by atoms with Gasteiger partial charge in [-0.2, -0.15) is 0 Å². The molecule has 0 N–H and O–H groups in total. The number of rotatable bonds is 3. The molecule has 22 heavy (non-hydrogen) atoms. The van der Waals surface area contributed by atoms with Crippen LogP contribution in [0.2, 0.25) is 0 Å². The molecular formula is C17H23BrN2O2. The predicted octanol–water partition coefficient (Wildman–Crippen LogP) is 3.99. The number of carbonyl (C=O) groups is 1. The van der Waals surface area contributed by atoms with Crippen LogP contribution in [0.15, 0.2) is 33.9 Å². The summed E-state index contributed by atoms with van der Waals surface area (Å²) in [5.74, 6) is 0.210. The molecule has 0 aromatic heterocycles. The standard InChI is InChI=1S/C17H23BrN2O2/c1-17(2,3)16(21)20-9-7-15(8-10-20)19-22-12-13-5-4-6-14(18)11-13/h4-6,11H,7-10,12H2,1-3H3. The zero-order chi connectivity index (χ0) is 16.2. The third kappa shape index (κ3) is 4.83. The lowest BCUT2D eigenvalue weighted by atomic mass is 9.93. The predicted molar refractivity (Wildman–Crippen MR) is 91.6 cm³/mol. The molecule has 0 aliphatic carbocycles. The van der Waals surface area contributed by atoms with Crippen molar-refractivity contribution in [3.63, 3.8) is 0 Å². The van der Waals surface area contributed by atoms with E-state index in [0.29, 0.717) is 6.61 Å². The van der Waals surface area contributed by atoms with Gasteiger partial charge >= 0.3 is 0 Å². The second kappa shape index (κ2) is 7.27. The van der Waals surface area contributed by atoms with Gasteiger partial charge in [0.25, 0.3) is 0 Å². The third-order valence-electron chi connectivity index (χ3n) is 3.58. The first-order valence-electron chi connectivity index (χ1n) is 7.58. The van der Waals surface area contributed by atoms with Gasteiger partial charge in [-0.15, -0.1) is 0 Å². The lowest BCUT2D eigenvalue weighted by molar-refractivity contribution is -0.139. The quantitative estimate of drug-likeness (QED) is 0.758.